The fourth-order valence-corrected chi connectivity index (χ4v) is 0.843. The molecule has 0 unspecified atom stereocenters. The first-order valence-electron chi connectivity index (χ1n) is 3.63. The largest absolute Gasteiger partial charge is 0.481 e. The average Bonchev–Trinajstić information content (AvgIpc) is 1.84. The molecule has 0 bridgehead atoms. The van der Waals surface area contributed by atoms with Gasteiger partial charge in [-0.1, -0.05) is 13.8 Å². The van der Waals surface area contributed by atoms with Crippen LogP contribution in [0.3, 0.4) is 0 Å². The summed E-state index contributed by atoms with van der Waals surface area (Å²) in [5.74, 6) is -0.748. The van der Waals surface area contributed by atoms with E-state index in [2.05, 4.69) is 4.99 Å². The minimum absolute atomic E-state index is 0.0901. The zero-order valence-electron chi connectivity index (χ0n) is 7.29. The highest BCUT2D eigenvalue weighted by molar-refractivity contribution is 5.69. The Morgan fingerprint density at radius 2 is 2.18 bits per heavy atom. The first-order valence-corrected chi connectivity index (χ1v) is 3.63. The highest BCUT2D eigenvalue weighted by Gasteiger charge is 2.15. The van der Waals surface area contributed by atoms with E-state index in [-0.39, 0.29) is 11.8 Å². The molecule has 0 aromatic carbocycles. The average molecular weight is 157 g/mol. The first-order chi connectivity index (χ1) is 4.98. The molecule has 0 atom stereocenters. The van der Waals surface area contributed by atoms with Gasteiger partial charge in [0.05, 0.1) is 0 Å². The van der Waals surface area contributed by atoms with Crippen molar-refractivity contribution in [3.8, 4) is 0 Å². The maximum absolute atomic E-state index is 10.2. The van der Waals surface area contributed by atoms with Gasteiger partial charge in [-0.15, -0.1) is 0 Å². The lowest BCUT2D eigenvalue weighted by Crippen LogP contribution is -2.14. The van der Waals surface area contributed by atoms with Gasteiger partial charge < -0.3 is 10.1 Å². The monoisotopic (exact) mass is 157 g/mol. The Kier molecular flexibility index (Phi) is 3.79. The van der Waals surface area contributed by atoms with Crippen molar-refractivity contribution in [2.45, 2.75) is 26.7 Å². The Labute approximate surface area is 67.1 Å². The Bertz CT molecular complexity index is 161. The van der Waals surface area contributed by atoms with Crippen LogP contribution in [0, 0.1) is 5.41 Å². The van der Waals surface area contributed by atoms with Gasteiger partial charge in [-0.25, -0.2) is 0 Å². The van der Waals surface area contributed by atoms with Gasteiger partial charge in [-0.3, -0.25) is 4.79 Å². The second-order valence-corrected chi connectivity index (χ2v) is 3.27. The third kappa shape index (κ3) is 5.58. The Morgan fingerprint density at radius 3 is 2.55 bits per heavy atom. The van der Waals surface area contributed by atoms with Crippen LogP contribution in [-0.4, -0.2) is 24.3 Å². The van der Waals surface area contributed by atoms with E-state index in [1.54, 1.807) is 13.3 Å². The lowest BCUT2D eigenvalue weighted by molar-refractivity contribution is -0.137. The summed E-state index contributed by atoms with van der Waals surface area (Å²) in [6.07, 6.45) is 2.63. The maximum atomic E-state index is 10.2. The summed E-state index contributed by atoms with van der Waals surface area (Å²) in [7, 11) is 1.70. The summed E-state index contributed by atoms with van der Waals surface area (Å²) in [6, 6.07) is 0. The van der Waals surface area contributed by atoms with Crippen molar-refractivity contribution in [3.05, 3.63) is 0 Å². The molecule has 0 rings (SSSR count). The zero-order chi connectivity index (χ0) is 8.91. The number of aliphatic imine (C=N–C) groups is 1. The van der Waals surface area contributed by atoms with E-state index in [1.165, 1.54) is 0 Å². The summed E-state index contributed by atoms with van der Waals surface area (Å²) < 4.78 is 0. The van der Waals surface area contributed by atoms with Gasteiger partial charge in [0.1, 0.15) is 0 Å². The van der Waals surface area contributed by atoms with Crippen molar-refractivity contribution in [2.75, 3.05) is 7.05 Å². The third-order valence-corrected chi connectivity index (χ3v) is 1.46. The van der Waals surface area contributed by atoms with Crippen molar-refractivity contribution in [3.63, 3.8) is 0 Å². The molecule has 0 spiro atoms. The molecule has 3 heteroatoms. The van der Waals surface area contributed by atoms with Crippen molar-refractivity contribution < 1.29 is 9.90 Å². The predicted molar refractivity (Wildman–Crippen MR) is 45.1 cm³/mol. The molecule has 0 amide bonds. The molecule has 0 radical (unpaired) electrons. The SMILES string of the molecule is CN=CC(C)(C)CCC(=O)O. The van der Waals surface area contributed by atoms with Crippen LogP contribution in [0.15, 0.2) is 4.99 Å². The lowest BCUT2D eigenvalue weighted by atomic mass is 9.89. The maximum Gasteiger partial charge on any atom is 0.303 e. The van der Waals surface area contributed by atoms with Gasteiger partial charge in [0.15, 0.2) is 0 Å². The van der Waals surface area contributed by atoms with Gasteiger partial charge in [0.2, 0.25) is 0 Å². The van der Waals surface area contributed by atoms with Crippen LogP contribution in [0.5, 0.6) is 0 Å². The Hall–Kier alpha value is -0.860. The summed E-state index contributed by atoms with van der Waals surface area (Å²) in [4.78, 5) is 14.1. The van der Waals surface area contributed by atoms with E-state index in [0.717, 1.165) is 0 Å². The van der Waals surface area contributed by atoms with Crippen molar-refractivity contribution >= 4 is 12.2 Å². The summed E-state index contributed by atoms with van der Waals surface area (Å²) >= 11 is 0. The smallest absolute Gasteiger partial charge is 0.303 e. The molecule has 0 saturated heterocycles. The third-order valence-electron chi connectivity index (χ3n) is 1.46. The van der Waals surface area contributed by atoms with Gasteiger partial charge in [-0.2, -0.15) is 0 Å². The summed E-state index contributed by atoms with van der Waals surface area (Å²) in [5.41, 5.74) is -0.0901. The van der Waals surface area contributed by atoms with Gasteiger partial charge >= 0.3 is 5.97 Å². The Balaban J connectivity index is 3.82. The molecule has 0 heterocycles. The highest BCUT2D eigenvalue weighted by atomic mass is 16.4. The highest BCUT2D eigenvalue weighted by Crippen LogP contribution is 2.18. The van der Waals surface area contributed by atoms with Gasteiger partial charge in [0, 0.05) is 25.1 Å². The number of hydrogen-bond acceptors (Lipinski definition) is 2. The van der Waals surface area contributed by atoms with Crippen LogP contribution in [0.25, 0.3) is 0 Å². The molecule has 0 saturated carbocycles. The molecule has 0 aromatic heterocycles. The number of aliphatic carboxylic acids is 1. The van der Waals surface area contributed by atoms with Crippen LogP contribution in [0.4, 0.5) is 0 Å². The summed E-state index contributed by atoms with van der Waals surface area (Å²) in [5, 5.41) is 8.40. The zero-order valence-corrected chi connectivity index (χ0v) is 7.29. The fraction of sp³-hybridized carbons (Fsp3) is 0.750. The molecule has 11 heavy (non-hydrogen) atoms. The van der Waals surface area contributed by atoms with Gasteiger partial charge in [0.25, 0.3) is 0 Å². The van der Waals surface area contributed by atoms with E-state index in [1.807, 2.05) is 13.8 Å². The number of carboxylic acid groups (broad SMARTS) is 1. The van der Waals surface area contributed by atoms with Crippen LogP contribution >= 0.6 is 0 Å². The van der Waals surface area contributed by atoms with Crippen molar-refractivity contribution in [1.29, 1.82) is 0 Å². The molecule has 0 aliphatic rings. The van der Waals surface area contributed by atoms with Crippen LogP contribution < -0.4 is 0 Å². The number of nitrogens with zero attached hydrogens (tertiary/aromatic N) is 1. The van der Waals surface area contributed by atoms with Crippen molar-refractivity contribution in [1.82, 2.24) is 0 Å². The molecular formula is C8H15NO2. The summed E-state index contributed by atoms with van der Waals surface area (Å²) in [6.45, 7) is 3.95. The number of hydrogen-bond donors (Lipinski definition) is 1. The first kappa shape index (κ1) is 10.1. The normalized spacial score (nSPS) is 12.3. The predicted octanol–water partition coefficient (Wildman–Crippen LogP) is 1.58. The van der Waals surface area contributed by atoms with E-state index in [9.17, 15) is 4.79 Å². The van der Waals surface area contributed by atoms with Crippen LogP contribution in [0.2, 0.25) is 0 Å². The minimum Gasteiger partial charge on any atom is -0.481 e. The number of carbonyl (C=O) groups is 1. The molecule has 0 aliphatic carbocycles. The van der Waals surface area contributed by atoms with Crippen molar-refractivity contribution in [2.24, 2.45) is 10.4 Å². The van der Waals surface area contributed by atoms with E-state index in [4.69, 9.17) is 5.11 Å². The molecule has 0 fully saturated rings. The standard InChI is InChI=1S/C8H15NO2/c1-8(2,6-9-3)5-4-7(10)11/h6H,4-5H2,1-3H3,(H,10,11). The molecule has 64 valence electrons. The van der Waals surface area contributed by atoms with E-state index in [0.29, 0.717) is 6.42 Å². The van der Waals surface area contributed by atoms with Crippen LogP contribution in [0.1, 0.15) is 26.7 Å². The molecule has 1 N–H and O–H groups in total. The topological polar surface area (TPSA) is 49.7 Å². The lowest BCUT2D eigenvalue weighted by Gasteiger charge is -2.16. The van der Waals surface area contributed by atoms with E-state index < -0.39 is 5.97 Å². The minimum atomic E-state index is -0.748. The second-order valence-electron chi connectivity index (χ2n) is 3.27. The number of rotatable bonds is 4. The van der Waals surface area contributed by atoms with Gasteiger partial charge in [-0.05, 0) is 6.42 Å². The number of carboxylic acids is 1. The molecule has 0 aliphatic heterocycles. The van der Waals surface area contributed by atoms with Crippen LogP contribution in [-0.2, 0) is 4.79 Å². The fourth-order valence-electron chi connectivity index (χ4n) is 0.843. The molecular weight excluding hydrogens is 142 g/mol. The quantitative estimate of drug-likeness (QED) is 0.630. The second kappa shape index (κ2) is 4.11. The Morgan fingerprint density at radius 1 is 1.64 bits per heavy atom. The molecule has 0 aromatic rings. The molecule has 3 nitrogen and oxygen atoms in total. The van der Waals surface area contributed by atoms with E-state index >= 15 is 0 Å².